The van der Waals surface area contributed by atoms with Crippen LogP contribution in [0.1, 0.15) is 5.56 Å². The Morgan fingerprint density at radius 3 is 2.47 bits per heavy atom. The second kappa shape index (κ2) is 8.48. The van der Waals surface area contributed by atoms with E-state index in [1.54, 1.807) is 0 Å². The summed E-state index contributed by atoms with van der Waals surface area (Å²) in [6.45, 7) is 0.578. The summed E-state index contributed by atoms with van der Waals surface area (Å²) in [6.07, 6.45) is 1.84. The molecule has 3 aromatic carbocycles. The average molecular weight is 401 g/mol. The van der Waals surface area contributed by atoms with Crippen molar-refractivity contribution in [3.05, 3.63) is 101 Å². The van der Waals surface area contributed by atoms with Crippen molar-refractivity contribution >= 4 is 28.2 Å². The Morgan fingerprint density at radius 1 is 0.967 bits per heavy atom. The molecule has 0 aliphatic rings. The van der Waals surface area contributed by atoms with Crippen LogP contribution >= 0.6 is 0 Å². The number of nitrogens with zero attached hydrogens (tertiary/aromatic N) is 2. The number of rotatable bonds is 7. The van der Waals surface area contributed by atoms with Gasteiger partial charge in [-0.2, -0.15) is 0 Å². The summed E-state index contributed by atoms with van der Waals surface area (Å²) in [5.41, 5.74) is 2.46. The van der Waals surface area contributed by atoms with E-state index < -0.39 is 4.92 Å². The number of fused-ring (bicyclic) bond motifs is 1. The number of nitrogens with one attached hydrogen (secondary N) is 1. The van der Waals surface area contributed by atoms with E-state index in [9.17, 15) is 14.9 Å². The van der Waals surface area contributed by atoms with Gasteiger partial charge in [0.05, 0.1) is 10.4 Å². The van der Waals surface area contributed by atoms with E-state index in [4.69, 9.17) is 4.74 Å². The summed E-state index contributed by atoms with van der Waals surface area (Å²) in [7, 11) is 0. The van der Waals surface area contributed by atoms with Crippen LogP contribution in [0.5, 0.6) is 5.75 Å². The third-order valence-electron chi connectivity index (χ3n) is 4.69. The molecule has 1 amide bonds. The first kappa shape index (κ1) is 19.2. The van der Waals surface area contributed by atoms with Gasteiger partial charge >= 0.3 is 0 Å². The zero-order valence-corrected chi connectivity index (χ0v) is 16.0. The third kappa shape index (κ3) is 4.30. The summed E-state index contributed by atoms with van der Waals surface area (Å²) in [4.78, 5) is 22.7. The molecule has 0 spiro atoms. The third-order valence-corrected chi connectivity index (χ3v) is 4.69. The van der Waals surface area contributed by atoms with Crippen LogP contribution in [0.3, 0.4) is 0 Å². The molecule has 7 heteroatoms. The summed E-state index contributed by atoms with van der Waals surface area (Å²) in [6, 6.07) is 23.3. The minimum absolute atomic E-state index is 0.0209. The minimum atomic E-state index is -0.477. The van der Waals surface area contributed by atoms with E-state index in [1.165, 1.54) is 24.3 Å². The molecule has 4 aromatic rings. The Kier molecular flexibility index (Phi) is 5.43. The van der Waals surface area contributed by atoms with Crippen LogP contribution in [0.2, 0.25) is 0 Å². The number of ether oxygens (including phenoxy) is 1. The highest BCUT2D eigenvalue weighted by Crippen LogP contribution is 2.27. The number of benzene rings is 3. The topological polar surface area (TPSA) is 86.4 Å². The van der Waals surface area contributed by atoms with Crippen LogP contribution in [-0.2, 0) is 17.9 Å². The fraction of sp³-hybridized carbons (Fsp3) is 0.0870. The molecule has 0 bridgehead atoms. The van der Waals surface area contributed by atoms with Gasteiger partial charge in [-0.15, -0.1) is 0 Å². The van der Waals surface area contributed by atoms with Crippen LogP contribution in [0, 0.1) is 10.1 Å². The lowest BCUT2D eigenvalue weighted by Crippen LogP contribution is -2.18. The Balaban J connectivity index is 1.45. The summed E-state index contributed by atoms with van der Waals surface area (Å²) < 4.78 is 7.82. The molecule has 7 nitrogen and oxygen atoms in total. The van der Waals surface area contributed by atoms with Crippen molar-refractivity contribution in [3.8, 4) is 5.75 Å². The first-order valence-corrected chi connectivity index (χ1v) is 9.39. The van der Waals surface area contributed by atoms with Crippen molar-refractivity contribution in [1.82, 2.24) is 4.57 Å². The van der Waals surface area contributed by atoms with Crippen LogP contribution in [0.15, 0.2) is 85.1 Å². The van der Waals surface area contributed by atoms with E-state index in [-0.39, 0.29) is 18.1 Å². The number of hydrogen-bond donors (Lipinski definition) is 1. The van der Waals surface area contributed by atoms with Crippen LogP contribution < -0.4 is 10.1 Å². The van der Waals surface area contributed by atoms with Crippen LogP contribution in [-0.4, -0.2) is 15.4 Å². The number of anilines is 1. The highest BCUT2D eigenvalue weighted by molar-refractivity contribution is 5.93. The number of hydrogen-bond acceptors (Lipinski definition) is 4. The van der Waals surface area contributed by atoms with E-state index in [0.29, 0.717) is 12.3 Å². The minimum Gasteiger partial charge on any atom is -0.488 e. The molecule has 150 valence electrons. The molecule has 0 aliphatic heterocycles. The number of aromatic nitrogens is 1. The lowest BCUT2D eigenvalue weighted by atomic mass is 10.2. The molecular formula is C23H19N3O4. The monoisotopic (exact) mass is 401 g/mol. The quantitative estimate of drug-likeness (QED) is 0.357. The Hall–Kier alpha value is -4.13. The molecule has 1 heterocycles. The number of non-ortho nitro benzene ring substituents is 1. The van der Waals surface area contributed by atoms with E-state index >= 15 is 0 Å². The molecule has 0 aliphatic carbocycles. The molecule has 1 N–H and O–H groups in total. The van der Waals surface area contributed by atoms with Gasteiger partial charge in [0.15, 0.2) is 0 Å². The molecule has 0 radical (unpaired) electrons. The largest absolute Gasteiger partial charge is 0.488 e. The number of nitro groups is 1. The van der Waals surface area contributed by atoms with E-state index in [2.05, 4.69) is 5.32 Å². The Bertz CT molecular complexity index is 1180. The highest BCUT2D eigenvalue weighted by Gasteiger charge is 2.11. The van der Waals surface area contributed by atoms with Crippen molar-refractivity contribution in [3.63, 3.8) is 0 Å². The number of amides is 1. The maximum atomic E-state index is 12.4. The molecule has 0 saturated heterocycles. The van der Waals surface area contributed by atoms with Gasteiger partial charge in [0.2, 0.25) is 5.91 Å². The molecule has 0 fully saturated rings. The van der Waals surface area contributed by atoms with Crippen molar-refractivity contribution < 1.29 is 14.5 Å². The Morgan fingerprint density at radius 2 is 1.73 bits per heavy atom. The lowest BCUT2D eigenvalue weighted by Gasteiger charge is -2.10. The lowest BCUT2D eigenvalue weighted by molar-refractivity contribution is -0.384. The van der Waals surface area contributed by atoms with Gasteiger partial charge < -0.3 is 14.6 Å². The predicted molar refractivity (Wildman–Crippen MR) is 114 cm³/mol. The first-order chi connectivity index (χ1) is 14.6. The molecular weight excluding hydrogens is 382 g/mol. The van der Waals surface area contributed by atoms with Gasteiger partial charge in [-0.05, 0) is 35.9 Å². The molecule has 0 unspecified atom stereocenters. The SMILES string of the molecule is O=C(Cn1ccc2c(OCc3ccccc3)cccc21)Nc1ccc([N+](=O)[O-])cc1. The fourth-order valence-electron chi connectivity index (χ4n) is 3.22. The van der Waals surface area contributed by atoms with Crippen LogP contribution in [0.4, 0.5) is 11.4 Å². The van der Waals surface area contributed by atoms with Gasteiger partial charge in [-0.25, -0.2) is 0 Å². The van der Waals surface area contributed by atoms with Crippen molar-refractivity contribution in [1.29, 1.82) is 0 Å². The molecule has 4 rings (SSSR count). The molecule has 0 atom stereocenters. The summed E-state index contributed by atoms with van der Waals surface area (Å²) in [5.74, 6) is 0.530. The van der Waals surface area contributed by atoms with E-state index in [0.717, 1.165) is 22.2 Å². The maximum Gasteiger partial charge on any atom is 0.269 e. The van der Waals surface area contributed by atoms with Gasteiger partial charge in [-0.1, -0.05) is 36.4 Å². The smallest absolute Gasteiger partial charge is 0.269 e. The summed E-state index contributed by atoms with van der Waals surface area (Å²) >= 11 is 0. The molecule has 0 saturated carbocycles. The normalized spacial score (nSPS) is 10.7. The fourth-order valence-corrected chi connectivity index (χ4v) is 3.22. The second-order valence-corrected chi connectivity index (χ2v) is 6.76. The van der Waals surface area contributed by atoms with E-state index in [1.807, 2.05) is 65.4 Å². The molecule has 1 aromatic heterocycles. The van der Waals surface area contributed by atoms with Gasteiger partial charge in [0.25, 0.3) is 5.69 Å². The Labute approximate surface area is 172 Å². The average Bonchev–Trinajstić information content (AvgIpc) is 3.16. The maximum absolute atomic E-state index is 12.4. The zero-order chi connectivity index (χ0) is 20.9. The van der Waals surface area contributed by atoms with Crippen molar-refractivity contribution in [2.24, 2.45) is 0 Å². The predicted octanol–water partition coefficient (Wildman–Crippen LogP) is 4.77. The zero-order valence-electron chi connectivity index (χ0n) is 16.0. The van der Waals surface area contributed by atoms with Crippen molar-refractivity contribution in [2.75, 3.05) is 5.32 Å². The highest BCUT2D eigenvalue weighted by atomic mass is 16.6. The second-order valence-electron chi connectivity index (χ2n) is 6.76. The standard InChI is InChI=1S/C23H19N3O4/c27-23(24-18-9-11-19(12-10-18)26(28)29)15-25-14-13-20-21(25)7-4-8-22(20)30-16-17-5-2-1-3-6-17/h1-14H,15-16H2,(H,24,27). The number of carbonyl (C=O) groups excluding carboxylic acids is 1. The van der Waals surface area contributed by atoms with Crippen LogP contribution in [0.25, 0.3) is 10.9 Å². The van der Waals surface area contributed by atoms with Gasteiger partial charge in [0, 0.05) is 29.4 Å². The summed E-state index contributed by atoms with van der Waals surface area (Å²) in [5, 5.41) is 14.4. The van der Waals surface area contributed by atoms with Gasteiger partial charge in [0.1, 0.15) is 18.9 Å². The van der Waals surface area contributed by atoms with Gasteiger partial charge in [-0.3, -0.25) is 14.9 Å². The van der Waals surface area contributed by atoms with Crippen molar-refractivity contribution in [2.45, 2.75) is 13.2 Å². The first-order valence-electron chi connectivity index (χ1n) is 9.39. The molecule has 30 heavy (non-hydrogen) atoms. The number of carbonyl (C=O) groups is 1. The number of nitro benzene ring substituents is 1.